The summed E-state index contributed by atoms with van der Waals surface area (Å²) in [6.45, 7) is 3.05. The maximum absolute atomic E-state index is 14.4. The first kappa shape index (κ1) is 26.2. The number of hydrogen-bond acceptors (Lipinski definition) is 7. The third-order valence-electron chi connectivity index (χ3n) is 6.02. The summed E-state index contributed by atoms with van der Waals surface area (Å²) < 4.78 is 42.1. The molecule has 0 aromatic heterocycles. The van der Waals surface area contributed by atoms with E-state index in [0.29, 0.717) is 49.6 Å². The average molecular weight is 495 g/mol. The monoisotopic (exact) mass is 494 g/mol. The normalized spacial score (nSPS) is 16.7. The highest BCUT2D eigenvalue weighted by atomic mass is 32.2. The molecule has 8 nitrogen and oxygen atoms in total. The Morgan fingerprint density at radius 2 is 1.71 bits per heavy atom. The van der Waals surface area contributed by atoms with Crippen molar-refractivity contribution in [1.29, 1.82) is 0 Å². The molecule has 0 saturated carbocycles. The van der Waals surface area contributed by atoms with Crippen LogP contribution in [0, 0.1) is 5.82 Å². The number of ether oxygens (including phenoxy) is 3. The van der Waals surface area contributed by atoms with E-state index < -0.39 is 27.3 Å². The molecule has 0 aliphatic carbocycles. The van der Waals surface area contributed by atoms with Crippen LogP contribution in [0.2, 0.25) is 0 Å². The van der Waals surface area contributed by atoms with Gasteiger partial charge in [0.2, 0.25) is 0 Å². The Bertz CT molecular complexity index is 980. The molecular weight excluding hydrogens is 463 g/mol. The van der Waals surface area contributed by atoms with E-state index in [9.17, 15) is 18.6 Å². The summed E-state index contributed by atoms with van der Waals surface area (Å²) in [5, 5.41) is 9.34. The van der Waals surface area contributed by atoms with Crippen LogP contribution in [0.4, 0.5) is 4.39 Å². The minimum atomic E-state index is -1.69. The Labute approximate surface area is 201 Å². The van der Waals surface area contributed by atoms with Gasteiger partial charge in [-0.2, -0.15) is 0 Å². The number of halogens is 1. The molecule has 34 heavy (non-hydrogen) atoms. The summed E-state index contributed by atoms with van der Waals surface area (Å²) >= 11 is 0. The molecule has 0 bridgehead atoms. The number of rotatable bonds is 11. The summed E-state index contributed by atoms with van der Waals surface area (Å²) in [4.78, 5) is 15.2. The van der Waals surface area contributed by atoms with E-state index in [1.807, 2.05) is 0 Å². The number of hydroxylamine groups is 1. The minimum Gasteiger partial charge on any atom is -0.488 e. The van der Waals surface area contributed by atoms with Crippen molar-refractivity contribution in [2.45, 2.75) is 22.5 Å². The quantitative estimate of drug-likeness (QED) is 0.282. The topological polar surface area (TPSA) is 97.3 Å². The molecule has 1 aliphatic rings. The zero-order valence-corrected chi connectivity index (χ0v) is 20.2. The molecule has 3 rings (SSSR count). The molecule has 1 heterocycles. The molecule has 0 spiro atoms. The van der Waals surface area contributed by atoms with Gasteiger partial charge >= 0.3 is 0 Å². The minimum absolute atomic E-state index is 0.146. The third kappa shape index (κ3) is 6.00. The van der Waals surface area contributed by atoms with E-state index in [2.05, 4.69) is 4.90 Å². The first-order chi connectivity index (χ1) is 16.4. The molecule has 1 amide bonds. The lowest BCUT2D eigenvalue weighted by molar-refractivity contribution is -0.133. The molecule has 2 aromatic rings. The van der Waals surface area contributed by atoms with Crippen LogP contribution >= 0.6 is 0 Å². The number of carbonyl (C=O) groups is 1. The molecule has 186 valence electrons. The van der Waals surface area contributed by atoms with Gasteiger partial charge in [-0.25, -0.2) is 9.87 Å². The molecule has 10 heteroatoms. The molecule has 1 saturated heterocycles. The van der Waals surface area contributed by atoms with Crippen LogP contribution in [0.5, 0.6) is 5.75 Å². The van der Waals surface area contributed by atoms with Crippen molar-refractivity contribution < 1.29 is 32.8 Å². The van der Waals surface area contributed by atoms with Gasteiger partial charge in [-0.3, -0.25) is 14.2 Å². The number of methoxy groups -OCH3 is 2. The van der Waals surface area contributed by atoms with Crippen LogP contribution < -0.4 is 10.2 Å². The lowest BCUT2D eigenvalue weighted by Gasteiger charge is -2.39. The smallest absolute Gasteiger partial charge is 0.262 e. The highest BCUT2D eigenvalue weighted by Gasteiger charge is 2.47. The number of amides is 1. The fourth-order valence-corrected chi connectivity index (χ4v) is 5.59. The highest BCUT2D eigenvalue weighted by molar-refractivity contribution is 7.87. The zero-order chi connectivity index (χ0) is 24.6. The lowest BCUT2D eigenvalue weighted by Crippen LogP contribution is -2.56. The fourth-order valence-electron chi connectivity index (χ4n) is 3.99. The van der Waals surface area contributed by atoms with Crippen molar-refractivity contribution in [3.8, 4) is 16.9 Å². The molecule has 1 unspecified atom stereocenters. The second kappa shape index (κ2) is 12.4. The van der Waals surface area contributed by atoms with Crippen molar-refractivity contribution in [2.75, 3.05) is 53.7 Å². The van der Waals surface area contributed by atoms with E-state index >= 15 is 0 Å². The van der Waals surface area contributed by atoms with Gasteiger partial charge in [-0.05, 0) is 48.2 Å². The number of piperidine rings is 1. The Kier molecular flexibility index (Phi) is 9.54. The van der Waals surface area contributed by atoms with E-state index in [1.165, 1.54) is 6.07 Å². The summed E-state index contributed by atoms with van der Waals surface area (Å²) in [5.74, 6) is -0.986. The maximum Gasteiger partial charge on any atom is 0.262 e. The number of hydrogen-bond donors (Lipinski definition) is 2. The largest absolute Gasteiger partial charge is 0.488 e. The number of nitrogens with one attached hydrogen (secondary N) is 1. The summed E-state index contributed by atoms with van der Waals surface area (Å²) in [5.41, 5.74) is 3.09. The number of likely N-dealkylation sites (tertiary alicyclic amines) is 1. The van der Waals surface area contributed by atoms with Crippen LogP contribution in [-0.2, 0) is 25.1 Å². The molecule has 1 atom stereocenters. The SMILES string of the molecule is COCCOc1ccc(-c2ccc(S(=O)C3(C(=O)NO)CCN(CCOC)CC3)cc2)cc1F. The van der Waals surface area contributed by atoms with Gasteiger partial charge in [0.1, 0.15) is 11.4 Å². The lowest BCUT2D eigenvalue weighted by atomic mass is 9.95. The first-order valence-corrected chi connectivity index (χ1v) is 12.2. The van der Waals surface area contributed by atoms with Crippen molar-refractivity contribution in [3.63, 3.8) is 0 Å². The van der Waals surface area contributed by atoms with Crippen LogP contribution in [0.15, 0.2) is 47.4 Å². The number of benzene rings is 2. The number of nitrogens with zero attached hydrogens (tertiary/aromatic N) is 1. The Balaban J connectivity index is 1.75. The second-order valence-electron chi connectivity index (χ2n) is 8.05. The van der Waals surface area contributed by atoms with Gasteiger partial charge in [0.25, 0.3) is 5.91 Å². The number of carbonyl (C=O) groups excluding carboxylic acids is 1. The predicted octanol–water partition coefficient (Wildman–Crippen LogP) is 2.61. The van der Waals surface area contributed by atoms with Crippen LogP contribution in [0.1, 0.15) is 12.8 Å². The summed E-state index contributed by atoms with van der Waals surface area (Å²) in [6.07, 6.45) is 0.681. The van der Waals surface area contributed by atoms with E-state index in [-0.39, 0.29) is 12.4 Å². The maximum atomic E-state index is 14.4. The van der Waals surface area contributed by atoms with Crippen molar-refractivity contribution in [3.05, 3.63) is 48.3 Å². The Hall–Kier alpha value is -2.37. The molecule has 0 radical (unpaired) electrons. The fraction of sp³-hybridized carbons (Fsp3) is 0.458. The molecule has 2 N–H and O–H groups in total. The van der Waals surface area contributed by atoms with Crippen LogP contribution in [0.25, 0.3) is 11.1 Å². The standard InChI is InChI=1S/C24H31FN2O6S/c1-31-14-13-27-11-9-24(10-12-27,23(28)26-29)34(30)20-6-3-18(4-7-20)19-5-8-22(21(25)17-19)33-16-15-32-2/h3-8,17,29H,9-16H2,1-2H3,(H,26,28). The first-order valence-electron chi connectivity index (χ1n) is 11.0. The molecule has 1 fully saturated rings. The van der Waals surface area contributed by atoms with E-state index in [4.69, 9.17) is 14.2 Å². The average Bonchev–Trinajstić information content (AvgIpc) is 2.88. The van der Waals surface area contributed by atoms with Crippen LogP contribution in [-0.4, -0.2) is 78.6 Å². The van der Waals surface area contributed by atoms with Crippen molar-refractivity contribution in [1.82, 2.24) is 10.4 Å². The second-order valence-corrected chi connectivity index (χ2v) is 9.84. The van der Waals surface area contributed by atoms with Gasteiger partial charge in [0, 0.05) is 38.7 Å². The molecular formula is C24H31FN2O6S. The van der Waals surface area contributed by atoms with Gasteiger partial charge in [0.05, 0.1) is 24.0 Å². The predicted molar refractivity (Wildman–Crippen MR) is 126 cm³/mol. The summed E-state index contributed by atoms with van der Waals surface area (Å²) in [7, 11) is 1.48. The third-order valence-corrected chi connectivity index (χ3v) is 8.03. The zero-order valence-electron chi connectivity index (χ0n) is 19.4. The van der Waals surface area contributed by atoms with E-state index in [0.717, 1.165) is 12.1 Å². The van der Waals surface area contributed by atoms with Crippen LogP contribution in [0.3, 0.4) is 0 Å². The van der Waals surface area contributed by atoms with Gasteiger partial charge in [-0.15, -0.1) is 0 Å². The van der Waals surface area contributed by atoms with E-state index in [1.54, 1.807) is 56.1 Å². The van der Waals surface area contributed by atoms with Gasteiger partial charge < -0.3 is 19.1 Å². The van der Waals surface area contributed by atoms with Gasteiger partial charge in [-0.1, -0.05) is 18.2 Å². The van der Waals surface area contributed by atoms with Gasteiger partial charge in [0.15, 0.2) is 11.6 Å². The summed E-state index contributed by atoms with van der Waals surface area (Å²) in [6, 6.07) is 11.5. The molecule has 1 aliphatic heterocycles. The Morgan fingerprint density at radius 3 is 2.29 bits per heavy atom. The molecule has 2 aromatic carbocycles. The van der Waals surface area contributed by atoms with Crippen molar-refractivity contribution >= 4 is 16.7 Å². The highest BCUT2D eigenvalue weighted by Crippen LogP contribution is 2.34. The van der Waals surface area contributed by atoms with Crippen molar-refractivity contribution in [2.24, 2.45) is 0 Å². The Morgan fingerprint density at radius 1 is 1.06 bits per heavy atom.